The van der Waals surface area contributed by atoms with Gasteiger partial charge in [0, 0.05) is 104 Å². The summed E-state index contributed by atoms with van der Waals surface area (Å²) in [5.74, 6) is 0.321. The van der Waals surface area contributed by atoms with Gasteiger partial charge >= 0.3 is 0 Å². The number of hydrogen-bond donors (Lipinski definition) is 11. The van der Waals surface area contributed by atoms with E-state index in [1.165, 1.54) is 143 Å². The summed E-state index contributed by atoms with van der Waals surface area (Å²) in [6.45, 7) is 36.6. The molecule has 0 saturated carbocycles. The minimum absolute atomic E-state index is 0.321. The van der Waals surface area contributed by atoms with Gasteiger partial charge in [-0.3, -0.25) is 9.69 Å². The summed E-state index contributed by atoms with van der Waals surface area (Å²) in [5.41, 5.74) is 54.3. The third kappa shape index (κ3) is 51.2. The number of nitrogens with one attached hydrogen (secondary N) is 1. The lowest BCUT2D eigenvalue weighted by Crippen LogP contribution is -2.47. The summed E-state index contributed by atoms with van der Waals surface area (Å²) in [6.07, 6.45) is 29.8. The molecule has 1 aromatic rings. The molecule has 0 spiro atoms. The first-order valence-corrected chi connectivity index (χ1v) is 33.2. The van der Waals surface area contributed by atoms with Crippen LogP contribution in [0, 0.1) is 0 Å². The molecule has 6 heterocycles. The van der Waals surface area contributed by atoms with E-state index in [4.69, 9.17) is 62.1 Å². The monoisotopic (exact) mass is 1170 g/mol. The molecule has 0 aromatic carbocycles. The van der Waals surface area contributed by atoms with Crippen LogP contribution < -0.4 is 62.7 Å². The second kappa shape index (κ2) is 63.5. The molecule has 6 rings (SSSR count). The maximum atomic E-state index is 11.1. The van der Waals surface area contributed by atoms with Gasteiger partial charge in [-0.15, -0.1) is 0 Å². The summed E-state index contributed by atoms with van der Waals surface area (Å²) in [5, 5.41) is 3.34. The fourth-order valence-electron chi connectivity index (χ4n) is 9.93. The van der Waals surface area contributed by atoms with Crippen LogP contribution in [0.3, 0.4) is 0 Å². The minimum Gasteiger partial charge on any atom is -0.379 e. The molecule has 5 fully saturated rings. The van der Waals surface area contributed by atoms with Crippen molar-refractivity contribution < 1.29 is 9.53 Å². The quantitative estimate of drug-likeness (QED) is 0.0412. The number of rotatable bonds is 37. The van der Waals surface area contributed by atoms with Crippen molar-refractivity contribution in [2.45, 2.75) is 141 Å². The number of amides is 1. The van der Waals surface area contributed by atoms with E-state index < -0.39 is 0 Å². The number of nitrogens with zero attached hydrogens (tertiary/aromatic N) is 9. The molecule has 82 heavy (non-hydrogen) atoms. The lowest BCUT2D eigenvalue weighted by atomic mass is 10.2. The number of morpholine rings is 1. The van der Waals surface area contributed by atoms with Crippen LogP contribution in [0.4, 0.5) is 0 Å². The Morgan fingerprint density at radius 1 is 0.402 bits per heavy atom. The normalized spacial score (nSPS) is 17.1. The average molecular weight is 1170 g/mol. The number of nitrogens with two attached hydrogens (primary N) is 10. The Morgan fingerprint density at radius 2 is 0.780 bits per heavy atom. The van der Waals surface area contributed by atoms with Crippen molar-refractivity contribution >= 4 is 5.91 Å². The number of likely N-dealkylation sites (tertiary alicyclic amines) is 2. The molecule has 0 aliphatic carbocycles. The van der Waals surface area contributed by atoms with Crippen LogP contribution in [-0.2, 0) is 16.1 Å². The molecule has 1 aromatic heterocycles. The first kappa shape index (κ1) is 80.0. The Labute approximate surface area is 502 Å². The Morgan fingerprint density at radius 3 is 1.20 bits per heavy atom. The van der Waals surface area contributed by atoms with Crippen molar-refractivity contribution in [3.63, 3.8) is 0 Å². The smallest absolute Gasteiger partial charge is 0.222 e. The number of unbranched alkanes of at least 4 members (excludes halogenated alkanes) is 7. The highest BCUT2D eigenvalue weighted by Gasteiger charge is 2.19. The predicted octanol–water partition coefficient (Wildman–Crippen LogP) is 0.895. The fourth-order valence-corrected chi connectivity index (χ4v) is 9.93. The first-order chi connectivity index (χ1) is 40.3. The van der Waals surface area contributed by atoms with E-state index in [0.717, 1.165) is 221 Å². The molecular weight excluding hydrogens is 1030 g/mol. The summed E-state index contributed by atoms with van der Waals surface area (Å²) < 4.78 is 7.30. The van der Waals surface area contributed by atoms with Crippen molar-refractivity contribution in [3.05, 3.63) is 18.7 Å². The standard InChI is InChI=1S/C11H26N4.C10H26N4.C8H19N3.C8H16N2O.C8H18N2O.C8H18N2.C7H13N3/c12-4-1-2-6-14-8-10-15(11-9-14)7-3-5-13;11-5-1-2-8-14(9-3-6-12)10-4-7-13;9-3-1-2-6-11-7-4-10-5-8-11;9-5-1-2-6-10-7-3-4-8(10)11;9-3-1-2-4-10-5-7-11-8-6-10;9-5-1-2-6-10-7-3-4-8-10;8-3-1-2-5-10-6-4-9-7-10/h1-13H2;1-13H2;10H,1-9H2;1-7,9H2;1-9H2;1-9H2;4,6-7H,1-3,5,8H2. The Bertz CT molecular complexity index is 1340. The highest BCUT2D eigenvalue weighted by atomic mass is 16.5. The van der Waals surface area contributed by atoms with E-state index in [0.29, 0.717) is 5.91 Å². The Balaban J connectivity index is 0.000000938. The molecule has 5 aliphatic rings. The zero-order chi connectivity index (χ0) is 60.0. The molecule has 1 amide bonds. The van der Waals surface area contributed by atoms with Crippen LogP contribution in [0.25, 0.3) is 0 Å². The van der Waals surface area contributed by atoms with E-state index in [1.54, 1.807) is 6.20 Å². The number of imidazole rings is 1. The van der Waals surface area contributed by atoms with Crippen molar-refractivity contribution in [2.24, 2.45) is 57.3 Å². The fraction of sp³-hybridized carbons (Fsp3) is 0.933. The third-order valence-corrected chi connectivity index (χ3v) is 15.1. The van der Waals surface area contributed by atoms with E-state index in [2.05, 4.69) is 44.3 Å². The van der Waals surface area contributed by atoms with Gasteiger partial charge in [0.25, 0.3) is 0 Å². The molecule has 21 N–H and O–H groups in total. The number of carbonyl (C=O) groups excluding carboxylic acids is 1. The highest BCUT2D eigenvalue weighted by molar-refractivity contribution is 5.77. The van der Waals surface area contributed by atoms with Crippen molar-refractivity contribution in [1.29, 1.82) is 0 Å². The first-order valence-electron chi connectivity index (χ1n) is 33.2. The molecule has 0 bridgehead atoms. The number of piperazine rings is 2. The van der Waals surface area contributed by atoms with Crippen LogP contribution in [0.1, 0.15) is 135 Å². The van der Waals surface area contributed by atoms with Gasteiger partial charge in [-0.1, -0.05) is 0 Å². The number of carbonyl (C=O) groups is 1. The lowest BCUT2D eigenvalue weighted by Gasteiger charge is -2.34. The van der Waals surface area contributed by atoms with Crippen LogP contribution in [-0.4, -0.2) is 272 Å². The van der Waals surface area contributed by atoms with Gasteiger partial charge in [0.15, 0.2) is 0 Å². The number of ether oxygens (including phenoxy) is 1. The van der Waals surface area contributed by atoms with Gasteiger partial charge in [-0.25, -0.2) is 4.98 Å². The molecule has 0 unspecified atom stereocenters. The molecule has 5 saturated heterocycles. The highest BCUT2D eigenvalue weighted by Crippen LogP contribution is 2.11. The minimum atomic E-state index is 0.321. The summed E-state index contributed by atoms with van der Waals surface area (Å²) in [7, 11) is 0. The maximum absolute atomic E-state index is 11.1. The lowest BCUT2D eigenvalue weighted by molar-refractivity contribution is -0.127. The van der Waals surface area contributed by atoms with Crippen LogP contribution in [0.15, 0.2) is 18.7 Å². The van der Waals surface area contributed by atoms with Crippen molar-refractivity contribution in [3.8, 4) is 0 Å². The molecule has 0 radical (unpaired) electrons. The van der Waals surface area contributed by atoms with Gasteiger partial charge in [-0.05, 0) is 259 Å². The molecule has 22 nitrogen and oxygen atoms in total. The predicted molar refractivity (Wildman–Crippen MR) is 349 cm³/mol. The Kier molecular flexibility index (Phi) is 61.9. The van der Waals surface area contributed by atoms with Gasteiger partial charge in [0.05, 0.1) is 19.5 Å². The molecular formula is C60H136N20O2. The summed E-state index contributed by atoms with van der Waals surface area (Å²) in [6, 6.07) is 0. The zero-order valence-corrected chi connectivity index (χ0v) is 52.9. The molecule has 488 valence electrons. The Hall–Kier alpha value is -2.04. The zero-order valence-electron chi connectivity index (χ0n) is 52.9. The van der Waals surface area contributed by atoms with Gasteiger partial charge in [0.1, 0.15) is 0 Å². The van der Waals surface area contributed by atoms with E-state index in [-0.39, 0.29) is 0 Å². The molecule has 0 atom stereocenters. The summed E-state index contributed by atoms with van der Waals surface area (Å²) >= 11 is 0. The maximum Gasteiger partial charge on any atom is 0.222 e. The van der Waals surface area contributed by atoms with E-state index in [1.807, 2.05) is 17.4 Å². The second-order valence-corrected chi connectivity index (χ2v) is 22.3. The largest absolute Gasteiger partial charge is 0.379 e. The van der Waals surface area contributed by atoms with Crippen LogP contribution in [0.2, 0.25) is 0 Å². The van der Waals surface area contributed by atoms with Crippen molar-refractivity contribution in [1.82, 2.24) is 49.2 Å². The van der Waals surface area contributed by atoms with Gasteiger partial charge < -0.3 is 101 Å². The topological polar surface area (TPSA) is 339 Å². The number of hydrogen-bond acceptors (Lipinski definition) is 20. The van der Waals surface area contributed by atoms with E-state index in [9.17, 15) is 4.79 Å². The van der Waals surface area contributed by atoms with Gasteiger partial charge in [-0.2, -0.15) is 0 Å². The molecule has 22 heteroatoms. The van der Waals surface area contributed by atoms with Crippen LogP contribution >= 0.6 is 0 Å². The summed E-state index contributed by atoms with van der Waals surface area (Å²) in [4.78, 5) is 31.9. The van der Waals surface area contributed by atoms with Crippen molar-refractivity contribution in [2.75, 3.05) is 223 Å². The number of aryl methyl sites for hydroxylation is 1. The molecule has 5 aliphatic heterocycles. The SMILES string of the molecule is NCCCCN(CCCN)CCCN.NCCCCN1CCCC1.NCCCCN1CCCC1=O.NCCCCN1CCN(CCCN)CC1.NCCCCN1CCNCC1.NCCCCN1CCOCC1.NCCCCn1ccnc1. The second-order valence-electron chi connectivity index (χ2n) is 22.3. The van der Waals surface area contributed by atoms with Gasteiger partial charge in [0.2, 0.25) is 5.91 Å². The van der Waals surface area contributed by atoms with Crippen LogP contribution in [0.5, 0.6) is 0 Å². The average Bonchev–Trinajstić information content (AvgIpc) is 4.33. The third-order valence-electron chi connectivity index (χ3n) is 15.1. The number of aromatic nitrogens is 2. The van der Waals surface area contributed by atoms with E-state index >= 15 is 0 Å².